The van der Waals surface area contributed by atoms with E-state index in [0.717, 1.165) is 0 Å². The van der Waals surface area contributed by atoms with E-state index in [1.807, 2.05) is 0 Å². The molecule has 0 bridgehead atoms. The maximum atomic E-state index is 10.9. The van der Waals surface area contributed by atoms with Crippen LogP contribution in [0.4, 0.5) is 0 Å². The van der Waals surface area contributed by atoms with E-state index in [0.29, 0.717) is 19.3 Å². The zero-order chi connectivity index (χ0) is 7.41. The Kier molecular flexibility index (Phi) is 1.03. The fraction of sp³-hybridized carbons (Fsp3) is 1.00. The highest BCUT2D eigenvalue weighted by Gasteiger charge is 2.57. The maximum absolute atomic E-state index is 10.9. The molecule has 0 aromatic carbocycles. The summed E-state index contributed by atoms with van der Waals surface area (Å²) in [5, 5.41) is 8.99. The van der Waals surface area contributed by atoms with Crippen molar-refractivity contribution in [2.75, 3.05) is 5.75 Å². The monoisotopic (exact) mass is 162 g/mol. The molecule has 1 aliphatic heterocycles. The average molecular weight is 162 g/mol. The Hall–Kier alpha value is -0.0900. The van der Waals surface area contributed by atoms with Crippen LogP contribution in [0.25, 0.3) is 0 Å². The third-order valence-corrected chi connectivity index (χ3v) is 4.81. The second kappa shape index (κ2) is 1.56. The van der Waals surface area contributed by atoms with Crippen molar-refractivity contribution in [2.45, 2.75) is 30.1 Å². The molecule has 0 aromatic rings. The van der Waals surface area contributed by atoms with Crippen molar-refractivity contribution >= 4 is 9.84 Å². The topological polar surface area (TPSA) is 54.4 Å². The van der Waals surface area contributed by atoms with Crippen LogP contribution in [0.2, 0.25) is 0 Å². The van der Waals surface area contributed by atoms with E-state index in [9.17, 15) is 13.5 Å². The van der Waals surface area contributed by atoms with Crippen LogP contribution in [0.15, 0.2) is 0 Å². The van der Waals surface area contributed by atoms with Gasteiger partial charge in [-0.25, -0.2) is 8.42 Å². The first kappa shape index (κ1) is 6.61. The summed E-state index contributed by atoms with van der Waals surface area (Å²) >= 11 is 0. The predicted molar refractivity (Wildman–Crippen MR) is 36.4 cm³/mol. The fourth-order valence-electron chi connectivity index (χ4n) is 1.48. The number of rotatable bonds is 1. The van der Waals surface area contributed by atoms with E-state index in [4.69, 9.17) is 0 Å². The van der Waals surface area contributed by atoms with Gasteiger partial charge in [-0.1, -0.05) is 0 Å². The van der Waals surface area contributed by atoms with Crippen molar-refractivity contribution in [3.8, 4) is 0 Å². The van der Waals surface area contributed by atoms with Gasteiger partial charge in [0.1, 0.15) is 0 Å². The molecule has 1 heterocycles. The van der Waals surface area contributed by atoms with Crippen LogP contribution in [0.5, 0.6) is 0 Å². The lowest BCUT2D eigenvalue weighted by atomic mass is 10.2. The Balaban J connectivity index is 2.22. The number of hydrogen-bond donors (Lipinski definition) is 1. The van der Waals surface area contributed by atoms with Crippen LogP contribution in [-0.4, -0.2) is 30.1 Å². The predicted octanol–water partition coefficient (Wildman–Crippen LogP) is -0.302. The molecule has 1 saturated heterocycles. The molecule has 0 aromatic heterocycles. The van der Waals surface area contributed by atoms with E-state index in [2.05, 4.69) is 0 Å². The van der Waals surface area contributed by atoms with Gasteiger partial charge in [-0.3, -0.25) is 0 Å². The highest BCUT2D eigenvalue weighted by atomic mass is 32.2. The lowest BCUT2D eigenvalue weighted by Gasteiger charge is -2.30. The van der Waals surface area contributed by atoms with E-state index in [1.165, 1.54) is 0 Å². The molecule has 0 amide bonds. The molecule has 0 radical (unpaired) electrons. The van der Waals surface area contributed by atoms with Crippen molar-refractivity contribution < 1.29 is 13.5 Å². The van der Waals surface area contributed by atoms with Crippen LogP contribution in [-0.2, 0) is 9.84 Å². The minimum absolute atomic E-state index is 0.278. The molecule has 1 unspecified atom stereocenters. The minimum Gasteiger partial charge on any atom is -0.389 e. The van der Waals surface area contributed by atoms with Crippen LogP contribution in [0.3, 0.4) is 0 Å². The Morgan fingerprint density at radius 3 is 2.10 bits per heavy atom. The summed E-state index contributed by atoms with van der Waals surface area (Å²) in [5.74, 6) is 0.278. The van der Waals surface area contributed by atoms with Crippen LogP contribution < -0.4 is 0 Å². The third-order valence-electron chi connectivity index (χ3n) is 2.46. The van der Waals surface area contributed by atoms with E-state index in [1.54, 1.807) is 0 Å². The molecule has 58 valence electrons. The lowest BCUT2D eigenvalue weighted by molar-refractivity contribution is 0.136. The molecule has 1 N–H and O–H groups in total. The van der Waals surface area contributed by atoms with Gasteiger partial charge >= 0.3 is 0 Å². The zero-order valence-corrected chi connectivity index (χ0v) is 6.39. The van der Waals surface area contributed by atoms with Gasteiger partial charge in [-0.05, 0) is 19.3 Å². The Bertz CT molecular complexity index is 250. The SMILES string of the molecule is O=S1(=O)CCC1C1(O)CC1. The molecule has 3 nitrogen and oxygen atoms in total. The van der Waals surface area contributed by atoms with E-state index in [-0.39, 0.29) is 5.75 Å². The van der Waals surface area contributed by atoms with E-state index >= 15 is 0 Å². The largest absolute Gasteiger partial charge is 0.389 e. The summed E-state index contributed by atoms with van der Waals surface area (Å²) in [6.07, 6.45) is 2.02. The van der Waals surface area contributed by atoms with Crippen molar-refractivity contribution in [1.82, 2.24) is 0 Å². The molecule has 4 heteroatoms. The van der Waals surface area contributed by atoms with E-state index < -0.39 is 20.7 Å². The second-order valence-electron chi connectivity index (χ2n) is 3.25. The molecule has 2 aliphatic rings. The van der Waals surface area contributed by atoms with Gasteiger partial charge in [0.05, 0.1) is 16.6 Å². The third kappa shape index (κ3) is 0.720. The van der Waals surface area contributed by atoms with Gasteiger partial charge in [-0.15, -0.1) is 0 Å². The Morgan fingerprint density at radius 1 is 1.40 bits per heavy atom. The summed E-state index contributed by atoms with van der Waals surface area (Å²) in [7, 11) is -2.87. The highest BCUT2D eigenvalue weighted by Crippen LogP contribution is 2.46. The summed E-state index contributed by atoms with van der Waals surface area (Å²) in [6.45, 7) is 0. The summed E-state index contributed by atoms with van der Waals surface area (Å²) in [5.41, 5.74) is -0.808. The molecule has 1 atom stereocenters. The normalized spacial score (nSPS) is 40.3. The molecule has 10 heavy (non-hydrogen) atoms. The molecule has 2 rings (SSSR count). The summed E-state index contributed by atoms with van der Waals surface area (Å²) < 4.78 is 21.9. The van der Waals surface area contributed by atoms with Crippen LogP contribution in [0.1, 0.15) is 19.3 Å². The standard InChI is InChI=1S/C6H10O3S/c7-6(2-3-6)5-1-4-10(5,8)9/h5,7H,1-4H2. The number of hydrogen-bond acceptors (Lipinski definition) is 3. The van der Waals surface area contributed by atoms with Crippen molar-refractivity contribution in [2.24, 2.45) is 0 Å². The summed E-state index contributed by atoms with van der Waals surface area (Å²) in [4.78, 5) is 0. The quantitative estimate of drug-likeness (QED) is 0.576. The number of aliphatic hydroxyl groups is 1. The van der Waals surface area contributed by atoms with Gasteiger partial charge in [-0.2, -0.15) is 0 Å². The molecule has 1 saturated carbocycles. The maximum Gasteiger partial charge on any atom is 0.156 e. The number of sulfone groups is 1. The van der Waals surface area contributed by atoms with Gasteiger partial charge in [0.25, 0.3) is 0 Å². The highest BCUT2D eigenvalue weighted by molar-refractivity contribution is 7.93. The first-order valence-corrected chi connectivity index (χ1v) is 5.20. The van der Waals surface area contributed by atoms with Crippen LogP contribution >= 0.6 is 0 Å². The molecular weight excluding hydrogens is 152 g/mol. The molecule has 0 spiro atoms. The lowest BCUT2D eigenvalue weighted by Crippen LogP contribution is -2.46. The average Bonchev–Trinajstić information content (AvgIpc) is 2.46. The van der Waals surface area contributed by atoms with Gasteiger partial charge in [0, 0.05) is 0 Å². The second-order valence-corrected chi connectivity index (χ2v) is 5.55. The fourth-order valence-corrected chi connectivity index (χ4v) is 3.24. The zero-order valence-electron chi connectivity index (χ0n) is 5.58. The van der Waals surface area contributed by atoms with Crippen LogP contribution in [0, 0.1) is 0 Å². The first-order valence-electron chi connectivity index (χ1n) is 3.49. The van der Waals surface area contributed by atoms with Crippen molar-refractivity contribution in [3.05, 3.63) is 0 Å². The van der Waals surface area contributed by atoms with Crippen molar-refractivity contribution in [3.63, 3.8) is 0 Å². The van der Waals surface area contributed by atoms with Crippen molar-refractivity contribution in [1.29, 1.82) is 0 Å². The van der Waals surface area contributed by atoms with Gasteiger partial charge in [0.2, 0.25) is 0 Å². The Morgan fingerprint density at radius 2 is 2.00 bits per heavy atom. The van der Waals surface area contributed by atoms with Gasteiger partial charge < -0.3 is 5.11 Å². The van der Waals surface area contributed by atoms with Gasteiger partial charge in [0.15, 0.2) is 9.84 Å². The molecular formula is C6H10O3S. The smallest absolute Gasteiger partial charge is 0.156 e. The summed E-state index contributed by atoms with van der Waals surface area (Å²) in [6, 6.07) is 0. The first-order chi connectivity index (χ1) is 4.55. The Labute approximate surface area is 60.0 Å². The minimum atomic E-state index is -2.87. The molecule has 2 fully saturated rings. The molecule has 1 aliphatic carbocycles.